The second kappa shape index (κ2) is 12.3. The molecular formula is C32H28F2N4O5. The van der Waals surface area contributed by atoms with E-state index in [1.807, 2.05) is 0 Å². The van der Waals surface area contributed by atoms with Crippen LogP contribution in [0.3, 0.4) is 0 Å². The number of rotatable bonds is 9. The number of amides is 1. The first kappa shape index (κ1) is 29.2. The Morgan fingerprint density at radius 3 is 2.44 bits per heavy atom. The summed E-state index contributed by atoms with van der Waals surface area (Å²) in [6.45, 7) is 2.59. The van der Waals surface area contributed by atoms with Crippen LogP contribution in [0.4, 0.5) is 14.5 Å². The molecule has 3 aromatic heterocycles. The number of carbonyl (C=O) groups is 1. The zero-order valence-corrected chi connectivity index (χ0v) is 23.9. The van der Waals surface area contributed by atoms with Crippen LogP contribution >= 0.6 is 0 Å². The zero-order chi connectivity index (χ0) is 30.7. The predicted molar refractivity (Wildman–Crippen MR) is 159 cm³/mol. The van der Waals surface area contributed by atoms with Crippen LogP contribution in [0.1, 0.15) is 21.6 Å². The summed E-state index contributed by atoms with van der Waals surface area (Å²) >= 11 is 0. The minimum Gasteiger partial charge on any atom is -0.491 e. The van der Waals surface area contributed by atoms with E-state index in [1.165, 1.54) is 43.2 Å². The lowest BCUT2D eigenvalue weighted by Gasteiger charge is -2.17. The Balaban J connectivity index is 1.42. The molecule has 5 rings (SSSR count). The molecule has 1 N–H and O–H groups in total. The van der Waals surface area contributed by atoms with Crippen LogP contribution in [-0.2, 0) is 6.54 Å². The predicted octanol–water partition coefficient (Wildman–Crippen LogP) is 6.25. The summed E-state index contributed by atoms with van der Waals surface area (Å²) in [5.41, 5.74) is 2.40. The number of fused-ring (bicyclic) bond motifs is 1. The fraction of sp³-hybridized carbons (Fsp3) is 0.188. The van der Waals surface area contributed by atoms with Crippen molar-refractivity contribution in [3.8, 4) is 34.3 Å². The van der Waals surface area contributed by atoms with Gasteiger partial charge in [-0.15, -0.1) is 0 Å². The Kier molecular flexibility index (Phi) is 8.33. The summed E-state index contributed by atoms with van der Waals surface area (Å²) < 4.78 is 45.3. The molecule has 3 heterocycles. The van der Waals surface area contributed by atoms with Gasteiger partial charge in [0.1, 0.15) is 29.3 Å². The van der Waals surface area contributed by atoms with Gasteiger partial charge in [-0.1, -0.05) is 6.07 Å². The first-order valence-electron chi connectivity index (χ1n) is 13.3. The maximum absolute atomic E-state index is 13.8. The number of hydrogen-bond acceptors (Lipinski definition) is 7. The van der Waals surface area contributed by atoms with E-state index in [-0.39, 0.29) is 23.6 Å². The van der Waals surface area contributed by atoms with E-state index in [2.05, 4.69) is 15.3 Å². The normalized spacial score (nSPS) is 10.9. The van der Waals surface area contributed by atoms with Gasteiger partial charge in [-0.2, -0.15) is 0 Å². The number of aryl methyl sites for hydroxylation is 2. The highest BCUT2D eigenvalue weighted by molar-refractivity contribution is 6.04. The van der Waals surface area contributed by atoms with Gasteiger partial charge in [-0.25, -0.2) is 13.8 Å². The molecule has 1 amide bonds. The van der Waals surface area contributed by atoms with Crippen LogP contribution in [-0.4, -0.2) is 41.3 Å². The van der Waals surface area contributed by atoms with Gasteiger partial charge < -0.3 is 24.1 Å². The first-order valence-corrected chi connectivity index (χ1v) is 13.3. The molecule has 0 saturated carbocycles. The van der Waals surface area contributed by atoms with Gasteiger partial charge >= 0.3 is 0 Å². The molecule has 0 spiro atoms. The number of aromatic nitrogens is 3. The molecule has 9 nitrogen and oxygen atoms in total. The van der Waals surface area contributed by atoms with Crippen molar-refractivity contribution in [2.24, 2.45) is 0 Å². The van der Waals surface area contributed by atoms with Crippen molar-refractivity contribution in [1.82, 2.24) is 14.5 Å². The third kappa shape index (κ3) is 5.87. The lowest BCUT2D eigenvalue weighted by atomic mass is 9.97. The zero-order valence-electron chi connectivity index (χ0n) is 23.9. The molecule has 0 fully saturated rings. The van der Waals surface area contributed by atoms with Crippen molar-refractivity contribution < 1.29 is 27.8 Å². The summed E-state index contributed by atoms with van der Waals surface area (Å²) in [5, 5.41) is 2.72. The Morgan fingerprint density at radius 1 is 1.00 bits per heavy atom. The number of nitrogens with zero attached hydrogens (tertiary/aromatic N) is 3. The molecular weight excluding hydrogens is 558 g/mol. The number of carbonyl (C=O) groups excluding carboxylic acids is 1. The summed E-state index contributed by atoms with van der Waals surface area (Å²) in [5.74, 6) is 0.488. The molecule has 2 aromatic carbocycles. The van der Waals surface area contributed by atoms with Crippen molar-refractivity contribution >= 4 is 22.6 Å². The van der Waals surface area contributed by atoms with Gasteiger partial charge in [0.25, 0.3) is 11.8 Å². The Labute approximate surface area is 245 Å². The van der Waals surface area contributed by atoms with E-state index in [9.17, 15) is 18.4 Å². The van der Waals surface area contributed by atoms with Crippen molar-refractivity contribution in [1.29, 1.82) is 0 Å². The average Bonchev–Trinajstić information content (AvgIpc) is 3.00. The highest BCUT2D eigenvalue weighted by atomic mass is 19.1. The average molecular weight is 587 g/mol. The largest absolute Gasteiger partial charge is 0.491 e. The van der Waals surface area contributed by atoms with Gasteiger partial charge in [0.2, 0.25) is 5.43 Å². The fourth-order valence-corrected chi connectivity index (χ4v) is 4.78. The van der Waals surface area contributed by atoms with Crippen LogP contribution in [0.5, 0.6) is 23.1 Å². The number of pyridine rings is 3. The maximum Gasteiger partial charge on any atom is 0.261 e. The van der Waals surface area contributed by atoms with Crippen LogP contribution in [0.15, 0.2) is 71.8 Å². The standard InChI is InChI=1S/C32H28F2N4O5/c1-18-15-20(34)5-10-23(18)28-19(2)38(14-12-33)17-24(30(28)39)31(40)36-21-6-8-22(9-7-21)43-26-11-13-35-25-16-27(41-3)32(42-4)37-29(25)26/h5-11,13,15-17H,12,14H2,1-4H3,(H,36,40). The topological polar surface area (TPSA) is 105 Å². The van der Waals surface area contributed by atoms with Crippen LogP contribution in [0.2, 0.25) is 0 Å². The molecule has 5 aromatic rings. The lowest BCUT2D eigenvalue weighted by molar-refractivity contribution is 0.102. The minimum atomic E-state index is -0.698. The molecule has 0 aliphatic heterocycles. The monoisotopic (exact) mass is 586 g/mol. The quantitative estimate of drug-likeness (QED) is 0.218. The van der Waals surface area contributed by atoms with E-state index in [4.69, 9.17) is 14.2 Å². The number of methoxy groups -OCH3 is 2. The highest BCUT2D eigenvalue weighted by Gasteiger charge is 2.21. The summed E-state index contributed by atoms with van der Waals surface area (Å²) in [6, 6.07) is 13.9. The van der Waals surface area contributed by atoms with Gasteiger partial charge in [-0.05, 0) is 61.4 Å². The van der Waals surface area contributed by atoms with E-state index in [1.54, 1.807) is 56.4 Å². The number of anilines is 1. The molecule has 0 saturated heterocycles. The molecule has 0 unspecified atom stereocenters. The number of ether oxygens (including phenoxy) is 3. The molecule has 0 aliphatic carbocycles. The van der Waals surface area contributed by atoms with Gasteiger partial charge in [-0.3, -0.25) is 14.6 Å². The molecule has 0 aliphatic rings. The number of hydrogen-bond donors (Lipinski definition) is 1. The molecule has 0 atom stereocenters. The molecule has 11 heteroatoms. The van der Waals surface area contributed by atoms with E-state index in [0.717, 1.165) is 0 Å². The highest BCUT2D eigenvalue weighted by Crippen LogP contribution is 2.34. The van der Waals surface area contributed by atoms with Crippen molar-refractivity contribution in [3.05, 3.63) is 99.9 Å². The summed E-state index contributed by atoms with van der Waals surface area (Å²) in [6.07, 6.45) is 2.93. The Morgan fingerprint density at radius 2 is 1.77 bits per heavy atom. The second-order valence-electron chi connectivity index (χ2n) is 9.63. The minimum absolute atomic E-state index is 0.0527. The van der Waals surface area contributed by atoms with Gasteiger partial charge in [0.05, 0.1) is 26.3 Å². The van der Waals surface area contributed by atoms with Gasteiger partial charge in [0.15, 0.2) is 11.5 Å². The summed E-state index contributed by atoms with van der Waals surface area (Å²) in [4.78, 5) is 35.6. The third-order valence-electron chi connectivity index (χ3n) is 6.94. The third-order valence-corrected chi connectivity index (χ3v) is 6.94. The molecule has 0 bridgehead atoms. The fourth-order valence-electron chi connectivity index (χ4n) is 4.78. The van der Waals surface area contributed by atoms with Crippen molar-refractivity contribution in [3.63, 3.8) is 0 Å². The second-order valence-corrected chi connectivity index (χ2v) is 9.63. The van der Waals surface area contributed by atoms with E-state index >= 15 is 0 Å². The Bertz CT molecular complexity index is 1890. The number of nitrogens with one attached hydrogen (secondary N) is 1. The van der Waals surface area contributed by atoms with Crippen LogP contribution in [0, 0.1) is 19.7 Å². The maximum atomic E-state index is 13.8. The molecule has 220 valence electrons. The number of benzene rings is 2. The Hall–Kier alpha value is -5.32. The molecule has 43 heavy (non-hydrogen) atoms. The lowest BCUT2D eigenvalue weighted by Crippen LogP contribution is -2.26. The van der Waals surface area contributed by atoms with E-state index < -0.39 is 23.8 Å². The first-order chi connectivity index (χ1) is 20.7. The van der Waals surface area contributed by atoms with Crippen LogP contribution in [0.25, 0.3) is 22.2 Å². The van der Waals surface area contributed by atoms with Crippen LogP contribution < -0.4 is 25.0 Å². The number of halogens is 2. The SMILES string of the molecule is COc1cc2nccc(Oc3ccc(NC(=O)c4cn(CCF)c(C)c(-c5ccc(F)cc5C)c4=O)cc3)c2nc1OC. The number of alkyl halides is 1. The van der Waals surface area contributed by atoms with E-state index in [0.29, 0.717) is 50.8 Å². The molecule has 0 radical (unpaired) electrons. The smallest absolute Gasteiger partial charge is 0.261 e. The summed E-state index contributed by atoms with van der Waals surface area (Å²) in [7, 11) is 2.99. The van der Waals surface area contributed by atoms with Gasteiger partial charge in [0, 0.05) is 41.5 Å². The van der Waals surface area contributed by atoms with Crippen molar-refractivity contribution in [2.75, 3.05) is 26.2 Å². The van der Waals surface area contributed by atoms with Crippen molar-refractivity contribution in [2.45, 2.75) is 20.4 Å².